The van der Waals surface area contributed by atoms with Crippen molar-refractivity contribution in [3.05, 3.63) is 76.7 Å². The summed E-state index contributed by atoms with van der Waals surface area (Å²) in [5.41, 5.74) is 1.54. The van der Waals surface area contributed by atoms with E-state index in [0.717, 1.165) is 28.1 Å². The van der Waals surface area contributed by atoms with Gasteiger partial charge < -0.3 is 14.2 Å². The Kier molecular flexibility index (Phi) is 7.18. The maximum atomic E-state index is 13.1. The van der Waals surface area contributed by atoms with Crippen molar-refractivity contribution in [2.75, 3.05) is 20.3 Å². The second kappa shape index (κ2) is 10.4. The van der Waals surface area contributed by atoms with E-state index in [1.807, 2.05) is 42.5 Å². The number of carbonyl (C=O) groups excluding carboxylic acids is 3. The Labute approximate surface area is 201 Å². The van der Waals surface area contributed by atoms with Gasteiger partial charge in [0, 0.05) is 0 Å². The molecule has 1 aliphatic heterocycles. The van der Waals surface area contributed by atoms with Gasteiger partial charge in [0.05, 0.1) is 25.2 Å². The number of nitrogens with zero attached hydrogens (tertiary/aromatic N) is 1. The average Bonchev–Trinajstić information content (AvgIpc) is 3.10. The van der Waals surface area contributed by atoms with Crippen LogP contribution in [0, 0.1) is 0 Å². The van der Waals surface area contributed by atoms with E-state index >= 15 is 0 Å². The maximum absolute atomic E-state index is 13.1. The van der Waals surface area contributed by atoms with E-state index in [9.17, 15) is 14.4 Å². The quantitative estimate of drug-likeness (QED) is 0.333. The Balaban J connectivity index is 1.54. The van der Waals surface area contributed by atoms with Crippen molar-refractivity contribution in [2.24, 2.45) is 0 Å². The summed E-state index contributed by atoms with van der Waals surface area (Å²) in [5.74, 6) is -0.0814. The topological polar surface area (TPSA) is 82.1 Å². The van der Waals surface area contributed by atoms with E-state index < -0.39 is 5.97 Å². The van der Waals surface area contributed by atoms with Gasteiger partial charge in [0.2, 0.25) is 0 Å². The number of carbonyl (C=O) groups is 3. The van der Waals surface area contributed by atoms with Crippen molar-refractivity contribution in [1.29, 1.82) is 0 Å². The van der Waals surface area contributed by atoms with Gasteiger partial charge in [0.1, 0.15) is 0 Å². The van der Waals surface area contributed by atoms with Crippen LogP contribution in [0.4, 0.5) is 4.79 Å². The van der Waals surface area contributed by atoms with E-state index in [1.165, 1.54) is 12.0 Å². The molecule has 1 saturated heterocycles. The minimum absolute atomic E-state index is 0.194. The van der Waals surface area contributed by atoms with Crippen molar-refractivity contribution in [3.63, 3.8) is 0 Å². The first-order valence-electron chi connectivity index (χ1n) is 10.7. The van der Waals surface area contributed by atoms with Crippen LogP contribution in [-0.4, -0.2) is 42.3 Å². The number of thioether (sulfide) groups is 1. The third kappa shape index (κ3) is 5.07. The molecule has 0 unspecified atom stereocenters. The van der Waals surface area contributed by atoms with Gasteiger partial charge in [0.15, 0.2) is 18.1 Å². The fourth-order valence-electron chi connectivity index (χ4n) is 3.62. The highest BCUT2D eigenvalue weighted by atomic mass is 32.2. The lowest BCUT2D eigenvalue weighted by molar-refractivity contribution is -0.145. The Bertz CT molecular complexity index is 1280. The Morgan fingerprint density at radius 3 is 2.62 bits per heavy atom. The summed E-state index contributed by atoms with van der Waals surface area (Å²) in [7, 11) is 1.49. The fourth-order valence-corrected chi connectivity index (χ4v) is 4.46. The van der Waals surface area contributed by atoms with Crippen molar-refractivity contribution < 1.29 is 28.6 Å². The zero-order chi connectivity index (χ0) is 24.1. The van der Waals surface area contributed by atoms with Crippen LogP contribution in [0.15, 0.2) is 65.6 Å². The summed E-state index contributed by atoms with van der Waals surface area (Å²) in [6.07, 6.45) is 1.63. The molecule has 34 heavy (non-hydrogen) atoms. The molecule has 0 saturated carbocycles. The van der Waals surface area contributed by atoms with Crippen LogP contribution in [0.3, 0.4) is 0 Å². The number of fused-ring (bicyclic) bond motifs is 1. The number of esters is 1. The number of amides is 2. The van der Waals surface area contributed by atoms with Crippen LogP contribution in [0.1, 0.15) is 18.1 Å². The minimum atomic E-state index is -0.496. The smallest absolute Gasteiger partial charge is 0.344 e. The highest BCUT2D eigenvalue weighted by Gasteiger charge is 2.35. The molecule has 3 aromatic rings. The van der Waals surface area contributed by atoms with Gasteiger partial charge in [-0.05, 0) is 58.8 Å². The number of benzene rings is 3. The predicted octanol–water partition coefficient (Wildman–Crippen LogP) is 5.03. The third-order valence-corrected chi connectivity index (χ3v) is 6.13. The number of methoxy groups -OCH3 is 1. The standard InChI is InChI=1S/C26H23NO6S/c1-3-32-24(28)16-33-22-13-17(11-12-21(22)31-2)14-23-25(29)27(26(30)34-23)15-19-9-6-8-18-7-4-5-10-20(18)19/h4-14H,3,15-16H2,1-2H3/b23-14-. The van der Waals surface area contributed by atoms with Gasteiger partial charge >= 0.3 is 5.97 Å². The molecule has 1 heterocycles. The summed E-state index contributed by atoms with van der Waals surface area (Å²) >= 11 is 0.894. The molecule has 1 aliphatic rings. The van der Waals surface area contributed by atoms with Crippen LogP contribution < -0.4 is 9.47 Å². The Hall–Kier alpha value is -3.78. The highest BCUT2D eigenvalue weighted by Crippen LogP contribution is 2.36. The second-order valence-corrected chi connectivity index (χ2v) is 8.40. The van der Waals surface area contributed by atoms with E-state index in [-0.39, 0.29) is 30.9 Å². The predicted molar refractivity (Wildman–Crippen MR) is 131 cm³/mol. The minimum Gasteiger partial charge on any atom is -0.493 e. The summed E-state index contributed by atoms with van der Waals surface area (Å²) in [6.45, 7) is 1.90. The van der Waals surface area contributed by atoms with Crippen molar-refractivity contribution in [2.45, 2.75) is 13.5 Å². The van der Waals surface area contributed by atoms with E-state index in [4.69, 9.17) is 14.2 Å². The fraction of sp³-hybridized carbons (Fsp3) is 0.192. The monoisotopic (exact) mass is 477 g/mol. The van der Waals surface area contributed by atoms with Crippen LogP contribution >= 0.6 is 11.8 Å². The maximum Gasteiger partial charge on any atom is 0.344 e. The lowest BCUT2D eigenvalue weighted by atomic mass is 10.0. The molecule has 0 aliphatic carbocycles. The van der Waals surface area contributed by atoms with Crippen LogP contribution in [0.5, 0.6) is 11.5 Å². The van der Waals surface area contributed by atoms with E-state index in [2.05, 4.69) is 0 Å². The first-order valence-corrected chi connectivity index (χ1v) is 11.5. The van der Waals surface area contributed by atoms with E-state index in [1.54, 1.807) is 31.2 Å². The first kappa shape index (κ1) is 23.4. The van der Waals surface area contributed by atoms with Gasteiger partial charge in [-0.15, -0.1) is 0 Å². The molecule has 3 aromatic carbocycles. The molecule has 7 nitrogen and oxygen atoms in total. The second-order valence-electron chi connectivity index (χ2n) is 7.41. The number of hydrogen-bond acceptors (Lipinski definition) is 7. The molecule has 0 radical (unpaired) electrons. The largest absolute Gasteiger partial charge is 0.493 e. The molecule has 0 aromatic heterocycles. The summed E-state index contributed by atoms with van der Waals surface area (Å²) in [6, 6.07) is 18.8. The van der Waals surface area contributed by atoms with Crippen molar-refractivity contribution in [3.8, 4) is 11.5 Å². The van der Waals surface area contributed by atoms with Gasteiger partial charge in [-0.2, -0.15) is 0 Å². The summed E-state index contributed by atoms with van der Waals surface area (Å²) in [5, 5.41) is 1.74. The summed E-state index contributed by atoms with van der Waals surface area (Å²) in [4.78, 5) is 38.9. The third-order valence-electron chi connectivity index (χ3n) is 5.22. The zero-order valence-corrected chi connectivity index (χ0v) is 19.6. The number of imide groups is 1. The normalized spacial score (nSPS) is 14.6. The highest BCUT2D eigenvalue weighted by molar-refractivity contribution is 8.18. The molecule has 8 heteroatoms. The molecule has 1 fully saturated rings. The van der Waals surface area contributed by atoms with Gasteiger partial charge in [-0.25, -0.2) is 4.79 Å². The lowest BCUT2D eigenvalue weighted by Crippen LogP contribution is -2.27. The van der Waals surface area contributed by atoms with Crippen LogP contribution in [0.2, 0.25) is 0 Å². The average molecular weight is 478 g/mol. The van der Waals surface area contributed by atoms with Gasteiger partial charge in [-0.3, -0.25) is 14.5 Å². The Morgan fingerprint density at radius 2 is 1.82 bits per heavy atom. The molecular formula is C26H23NO6S. The molecule has 4 rings (SSSR count). The molecule has 0 bridgehead atoms. The number of ether oxygens (including phenoxy) is 3. The SMILES string of the molecule is CCOC(=O)COc1cc(/C=C2\SC(=O)N(Cc3cccc4ccccc34)C2=O)ccc1OC. The van der Waals surface area contributed by atoms with Crippen molar-refractivity contribution >= 4 is 45.7 Å². The van der Waals surface area contributed by atoms with Crippen LogP contribution in [0.25, 0.3) is 16.8 Å². The molecule has 0 atom stereocenters. The van der Waals surface area contributed by atoms with Crippen molar-refractivity contribution in [1.82, 2.24) is 4.90 Å². The van der Waals surface area contributed by atoms with Gasteiger partial charge in [0.25, 0.3) is 11.1 Å². The molecule has 174 valence electrons. The summed E-state index contributed by atoms with van der Waals surface area (Å²) < 4.78 is 15.7. The van der Waals surface area contributed by atoms with E-state index in [0.29, 0.717) is 22.0 Å². The molecule has 0 N–H and O–H groups in total. The number of rotatable bonds is 8. The molecular weight excluding hydrogens is 454 g/mol. The number of hydrogen-bond donors (Lipinski definition) is 0. The first-order chi connectivity index (χ1) is 16.5. The van der Waals surface area contributed by atoms with Crippen LogP contribution in [-0.2, 0) is 20.9 Å². The molecule has 0 spiro atoms. The molecule has 2 amide bonds. The lowest BCUT2D eigenvalue weighted by Gasteiger charge is -2.14. The Morgan fingerprint density at radius 1 is 1.03 bits per heavy atom. The zero-order valence-electron chi connectivity index (χ0n) is 18.8. The van der Waals surface area contributed by atoms with Gasteiger partial charge in [-0.1, -0.05) is 48.5 Å².